The van der Waals surface area contributed by atoms with Gasteiger partial charge < -0.3 is 0 Å². The Morgan fingerprint density at radius 3 is 2.24 bits per heavy atom. The van der Waals surface area contributed by atoms with Gasteiger partial charge in [-0.3, -0.25) is 14.6 Å². The number of hydrogen-bond donors (Lipinski definition) is 0. The maximum Gasteiger partial charge on any atom is 0.275 e. The van der Waals surface area contributed by atoms with E-state index < -0.39 is 0 Å². The van der Waals surface area contributed by atoms with Crippen molar-refractivity contribution >= 4 is 32.9 Å². The molecule has 0 radical (unpaired) electrons. The second-order valence-corrected chi connectivity index (χ2v) is 9.80. The van der Waals surface area contributed by atoms with Crippen molar-refractivity contribution in [2.75, 3.05) is 26.2 Å². The maximum atomic E-state index is 13.2. The summed E-state index contributed by atoms with van der Waals surface area (Å²) in [4.78, 5) is 19.1. The van der Waals surface area contributed by atoms with Gasteiger partial charge in [0.1, 0.15) is 5.69 Å². The molecule has 5 nitrogen and oxygen atoms in total. The van der Waals surface area contributed by atoms with Crippen molar-refractivity contribution in [1.82, 2.24) is 19.6 Å². The number of nitrogens with zero attached hydrogens (tertiary/aromatic N) is 4. The third-order valence-corrected chi connectivity index (χ3v) is 7.57. The number of thiophene rings is 1. The predicted molar refractivity (Wildman–Crippen MR) is 140 cm³/mol. The highest BCUT2D eigenvalue weighted by molar-refractivity contribution is 7.13. The van der Waals surface area contributed by atoms with Crippen molar-refractivity contribution < 1.29 is 0 Å². The van der Waals surface area contributed by atoms with Crippen LogP contribution in [0.5, 0.6) is 0 Å². The van der Waals surface area contributed by atoms with Crippen LogP contribution in [-0.2, 0) is 13.2 Å². The molecule has 2 aromatic heterocycles. The van der Waals surface area contributed by atoms with Crippen molar-refractivity contribution in [1.29, 1.82) is 0 Å². The van der Waals surface area contributed by atoms with Crippen molar-refractivity contribution in [3.8, 4) is 10.6 Å². The van der Waals surface area contributed by atoms with E-state index in [-0.39, 0.29) is 5.56 Å². The summed E-state index contributed by atoms with van der Waals surface area (Å²) in [6, 6.07) is 27.1. The van der Waals surface area contributed by atoms with Gasteiger partial charge in [0.15, 0.2) is 0 Å². The number of rotatable bonds is 5. The Balaban J connectivity index is 1.20. The van der Waals surface area contributed by atoms with E-state index in [1.54, 1.807) is 16.0 Å². The van der Waals surface area contributed by atoms with Gasteiger partial charge in [-0.1, -0.05) is 66.7 Å². The molecule has 1 aliphatic heterocycles. The van der Waals surface area contributed by atoms with Crippen LogP contribution in [-0.4, -0.2) is 45.8 Å². The topological polar surface area (TPSA) is 41.4 Å². The highest BCUT2D eigenvalue weighted by Gasteiger charge is 2.20. The average Bonchev–Trinajstić information content (AvgIpc) is 3.42. The summed E-state index contributed by atoms with van der Waals surface area (Å²) in [5, 5.41) is 11.2. The smallest absolute Gasteiger partial charge is 0.275 e. The zero-order chi connectivity index (χ0) is 22.9. The molecule has 170 valence electrons. The molecule has 0 atom stereocenters. The highest BCUT2D eigenvalue weighted by Crippen LogP contribution is 2.28. The van der Waals surface area contributed by atoms with Gasteiger partial charge in [-0.05, 0) is 33.8 Å². The average molecular weight is 467 g/mol. The molecular weight excluding hydrogens is 440 g/mol. The minimum Gasteiger partial charge on any atom is -0.297 e. The molecule has 0 saturated carbocycles. The Labute approximate surface area is 202 Å². The molecule has 6 heteroatoms. The fourth-order valence-corrected chi connectivity index (χ4v) is 5.60. The molecule has 0 unspecified atom stereocenters. The minimum atomic E-state index is -0.0194. The molecule has 1 fully saturated rings. The van der Waals surface area contributed by atoms with Crippen LogP contribution in [0.15, 0.2) is 89.0 Å². The van der Waals surface area contributed by atoms with Crippen molar-refractivity contribution in [3.63, 3.8) is 0 Å². The minimum absolute atomic E-state index is 0.0194. The van der Waals surface area contributed by atoms with Gasteiger partial charge in [-0.25, -0.2) is 4.68 Å². The third kappa shape index (κ3) is 4.05. The summed E-state index contributed by atoms with van der Waals surface area (Å²) in [5.74, 6) is 0. The second-order valence-electron chi connectivity index (χ2n) is 8.85. The number of benzene rings is 3. The first-order valence-electron chi connectivity index (χ1n) is 11.7. The zero-order valence-electron chi connectivity index (χ0n) is 18.9. The SMILES string of the molecule is O=c1c2ccccc2c(-c2cccs2)nn1CN1CCN(Cc2cccc3ccccc23)CC1. The van der Waals surface area contributed by atoms with Gasteiger partial charge in [0, 0.05) is 38.1 Å². The molecule has 0 bridgehead atoms. The van der Waals surface area contributed by atoms with E-state index in [4.69, 9.17) is 5.10 Å². The molecular formula is C28H26N4OS. The van der Waals surface area contributed by atoms with Crippen molar-refractivity contribution in [2.45, 2.75) is 13.2 Å². The standard InChI is InChI=1S/C28H26N4OS/c33-28-25-12-4-3-11-24(25)27(26-13-6-18-34-26)29-32(28)20-31-16-14-30(15-17-31)19-22-9-5-8-21-7-1-2-10-23(21)22/h1-13,18H,14-17,19-20H2. The lowest BCUT2D eigenvalue weighted by Crippen LogP contribution is -2.47. The van der Waals surface area contributed by atoms with Gasteiger partial charge in [0.25, 0.3) is 5.56 Å². The molecule has 0 amide bonds. The van der Waals surface area contributed by atoms with Crippen LogP contribution in [0.25, 0.3) is 32.1 Å². The molecule has 3 aromatic carbocycles. The Bertz CT molecular complexity index is 1500. The number of hydrogen-bond acceptors (Lipinski definition) is 5. The lowest BCUT2D eigenvalue weighted by Gasteiger charge is -2.34. The fourth-order valence-electron chi connectivity index (χ4n) is 4.88. The Morgan fingerprint density at radius 1 is 0.735 bits per heavy atom. The Morgan fingerprint density at radius 2 is 1.44 bits per heavy atom. The summed E-state index contributed by atoms with van der Waals surface area (Å²) in [6.07, 6.45) is 0. The largest absolute Gasteiger partial charge is 0.297 e. The van der Waals surface area contributed by atoms with Crippen LogP contribution in [0, 0.1) is 0 Å². The Hall–Kier alpha value is -3.32. The monoisotopic (exact) mass is 466 g/mol. The van der Waals surface area contributed by atoms with Crippen LogP contribution in [0.3, 0.4) is 0 Å². The molecule has 1 aliphatic rings. The van der Waals surface area contributed by atoms with E-state index in [0.717, 1.165) is 54.1 Å². The van der Waals surface area contributed by atoms with Crippen LogP contribution < -0.4 is 5.56 Å². The lowest BCUT2D eigenvalue weighted by atomic mass is 10.0. The van der Waals surface area contributed by atoms with Crippen molar-refractivity contribution in [2.24, 2.45) is 0 Å². The van der Waals surface area contributed by atoms with E-state index in [1.165, 1.54) is 16.3 Å². The normalized spacial score (nSPS) is 15.3. The molecule has 0 spiro atoms. The molecule has 0 N–H and O–H groups in total. The molecule has 5 aromatic rings. The van der Waals surface area contributed by atoms with E-state index in [1.807, 2.05) is 30.3 Å². The van der Waals surface area contributed by atoms with Crippen LogP contribution >= 0.6 is 11.3 Å². The quantitative estimate of drug-likeness (QED) is 0.363. The summed E-state index contributed by atoms with van der Waals surface area (Å²) in [5.41, 5.74) is 2.24. The first-order chi connectivity index (χ1) is 16.8. The van der Waals surface area contributed by atoms with E-state index in [9.17, 15) is 4.79 Å². The van der Waals surface area contributed by atoms with Crippen LogP contribution in [0.4, 0.5) is 0 Å². The highest BCUT2D eigenvalue weighted by atomic mass is 32.1. The van der Waals surface area contributed by atoms with E-state index >= 15 is 0 Å². The number of piperazine rings is 1. The number of aromatic nitrogens is 2. The third-order valence-electron chi connectivity index (χ3n) is 6.70. The molecule has 0 aliphatic carbocycles. The molecule has 6 rings (SSSR count). The second kappa shape index (κ2) is 9.14. The summed E-state index contributed by atoms with van der Waals surface area (Å²) >= 11 is 1.66. The zero-order valence-corrected chi connectivity index (χ0v) is 19.7. The fraction of sp³-hybridized carbons (Fsp3) is 0.214. The Kier molecular flexibility index (Phi) is 5.71. The van der Waals surface area contributed by atoms with Crippen molar-refractivity contribution in [3.05, 3.63) is 100 Å². The summed E-state index contributed by atoms with van der Waals surface area (Å²) in [7, 11) is 0. The van der Waals surface area contributed by atoms with Gasteiger partial charge in [-0.15, -0.1) is 11.3 Å². The molecule has 1 saturated heterocycles. The van der Waals surface area contributed by atoms with E-state index in [0.29, 0.717) is 6.67 Å². The summed E-state index contributed by atoms with van der Waals surface area (Å²) in [6.45, 7) is 5.25. The molecule has 34 heavy (non-hydrogen) atoms. The van der Waals surface area contributed by atoms with Gasteiger partial charge in [0.2, 0.25) is 0 Å². The number of fused-ring (bicyclic) bond motifs is 2. The molecule has 3 heterocycles. The van der Waals surface area contributed by atoms with E-state index in [2.05, 4.69) is 63.7 Å². The van der Waals surface area contributed by atoms with Gasteiger partial charge in [-0.2, -0.15) is 5.10 Å². The summed E-state index contributed by atoms with van der Waals surface area (Å²) < 4.78 is 1.65. The lowest BCUT2D eigenvalue weighted by molar-refractivity contribution is 0.0976. The van der Waals surface area contributed by atoms with Gasteiger partial charge >= 0.3 is 0 Å². The maximum absolute atomic E-state index is 13.2. The predicted octanol–water partition coefficient (Wildman–Crippen LogP) is 5.05. The first kappa shape index (κ1) is 21.2. The first-order valence-corrected chi connectivity index (χ1v) is 12.6. The van der Waals surface area contributed by atoms with Crippen LogP contribution in [0.1, 0.15) is 5.56 Å². The van der Waals surface area contributed by atoms with Gasteiger partial charge in [0.05, 0.1) is 16.9 Å². The van der Waals surface area contributed by atoms with Crippen LogP contribution in [0.2, 0.25) is 0 Å².